The summed E-state index contributed by atoms with van der Waals surface area (Å²) in [6.45, 7) is 3.56. The summed E-state index contributed by atoms with van der Waals surface area (Å²) in [6, 6.07) is 5.41. The molecule has 0 bridgehead atoms. The molecule has 7 heteroatoms. The van der Waals surface area contributed by atoms with Gasteiger partial charge >= 0.3 is 0 Å². The van der Waals surface area contributed by atoms with Gasteiger partial charge in [0.25, 0.3) is 5.91 Å². The van der Waals surface area contributed by atoms with E-state index in [1.54, 1.807) is 19.1 Å². The molecule has 1 saturated heterocycles. The second-order valence-corrected chi connectivity index (χ2v) is 6.37. The topological polar surface area (TPSA) is 77.7 Å². The molecule has 0 aliphatic carbocycles. The highest BCUT2D eigenvalue weighted by atomic mass is 16.5. The Morgan fingerprint density at radius 1 is 1.32 bits per heavy atom. The third kappa shape index (κ3) is 2.95. The Morgan fingerprint density at radius 2 is 2.08 bits per heavy atom. The summed E-state index contributed by atoms with van der Waals surface area (Å²) in [5, 5.41) is 3.64. The third-order valence-corrected chi connectivity index (χ3v) is 4.97. The molecule has 0 unspecified atom stereocenters. The van der Waals surface area contributed by atoms with Crippen LogP contribution in [0.15, 0.2) is 18.2 Å². The summed E-state index contributed by atoms with van der Waals surface area (Å²) < 4.78 is 5.38. The molecule has 2 heterocycles. The van der Waals surface area contributed by atoms with Crippen LogP contribution in [0.4, 0.5) is 0 Å². The number of amides is 2. The molecule has 7 nitrogen and oxygen atoms in total. The van der Waals surface area contributed by atoms with E-state index >= 15 is 0 Å². The molecule has 0 spiro atoms. The molecule has 2 aromatic rings. The van der Waals surface area contributed by atoms with Gasteiger partial charge in [0.15, 0.2) is 0 Å². The van der Waals surface area contributed by atoms with Crippen LogP contribution in [0, 0.1) is 6.92 Å². The number of para-hydroxylation sites is 1. The lowest BCUT2D eigenvalue weighted by atomic mass is 10.1. The zero-order chi connectivity index (χ0) is 18.1. The standard InChI is InChI=1S/C18H24N4O3/c1-11-12-6-5-7-14(25-4)16(12)20-15(11)18(24)22-9-8-21(3)13(10-22)17(23)19-2/h5-7,13,20H,8-10H2,1-4H3,(H,19,23)/t13-/m1/s1. The number of nitrogens with zero attached hydrogens (tertiary/aromatic N) is 2. The highest BCUT2D eigenvalue weighted by Crippen LogP contribution is 2.30. The SMILES string of the molecule is CNC(=O)[C@H]1CN(C(=O)c2[nH]c3c(OC)cccc3c2C)CCN1C. The molecule has 134 valence electrons. The fourth-order valence-electron chi connectivity index (χ4n) is 3.38. The average molecular weight is 344 g/mol. The van der Waals surface area contributed by atoms with Crippen molar-refractivity contribution in [3.63, 3.8) is 0 Å². The predicted octanol–water partition coefficient (Wildman–Crippen LogP) is 0.987. The first-order valence-electron chi connectivity index (χ1n) is 8.34. The first-order valence-corrected chi connectivity index (χ1v) is 8.34. The van der Waals surface area contributed by atoms with Crippen LogP contribution in [0.3, 0.4) is 0 Å². The summed E-state index contributed by atoms with van der Waals surface area (Å²) in [4.78, 5) is 32.1. The second-order valence-electron chi connectivity index (χ2n) is 6.37. The summed E-state index contributed by atoms with van der Waals surface area (Å²) in [5.74, 6) is 0.550. The Kier molecular flexibility index (Phi) is 4.67. The molecule has 1 aliphatic rings. The van der Waals surface area contributed by atoms with Crippen molar-refractivity contribution in [3.8, 4) is 5.75 Å². The van der Waals surface area contributed by atoms with Crippen LogP contribution in [0.1, 0.15) is 16.1 Å². The van der Waals surface area contributed by atoms with E-state index in [0.29, 0.717) is 31.1 Å². The van der Waals surface area contributed by atoms with Crippen molar-refractivity contribution >= 4 is 22.7 Å². The van der Waals surface area contributed by atoms with Crippen LogP contribution in [-0.2, 0) is 4.79 Å². The number of carbonyl (C=O) groups is 2. The smallest absolute Gasteiger partial charge is 0.270 e. The maximum atomic E-state index is 13.1. The predicted molar refractivity (Wildman–Crippen MR) is 96.0 cm³/mol. The zero-order valence-corrected chi connectivity index (χ0v) is 15.0. The van der Waals surface area contributed by atoms with Gasteiger partial charge in [0.1, 0.15) is 17.5 Å². The van der Waals surface area contributed by atoms with Gasteiger partial charge in [-0.15, -0.1) is 0 Å². The molecule has 1 aromatic carbocycles. The van der Waals surface area contributed by atoms with Crippen LogP contribution in [0.25, 0.3) is 10.9 Å². The molecule has 3 rings (SSSR count). The molecular weight excluding hydrogens is 320 g/mol. The first-order chi connectivity index (χ1) is 12.0. The number of hydrogen-bond donors (Lipinski definition) is 2. The third-order valence-electron chi connectivity index (χ3n) is 4.97. The Bertz CT molecular complexity index is 814. The Hall–Kier alpha value is -2.54. The Balaban J connectivity index is 1.92. The van der Waals surface area contributed by atoms with Crippen molar-refractivity contribution in [2.45, 2.75) is 13.0 Å². The number of fused-ring (bicyclic) bond motifs is 1. The van der Waals surface area contributed by atoms with Gasteiger partial charge in [0.2, 0.25) is 5.91 Å². The summed E-state index contributed by atoms with van der Waals surface area (Å²) >= 11 is 0. The van der Waals surface area contributed by atoms with E-state index in [1.807, 2.05) is 37.1 Å². The minimum absolute atomic E-state index is 0.0740. The number of benzene rings is 1. The second kappa shape index (κ2) is 6.76. The van der Waals surface area contributed by atoms with Gasteiger partial charge < -0.3 is 19.9 Å². The van der Waals surface area contributed by atoms with Gasteiger partial charge in [0, 0.05) is 32.1 Å². The van der Waals surface area contributed by atoms with Crippen LogP contribution in [-0.4, -0.2) is 73.5 Å². The number of likely N-dealkylation sites (N-methyl/N-ethyl adjacent to an activating group) is 2. The van der Waals surface area contributed by atoms with E-state index in [2.05, 4.69) is 10.3 Å². The normalized spacial score (nSPS) is 18.4. The molecule has 1 aliphatic heterocycles. The molecule has 2 N–H and O–H groups in total. The minimum Gasteiger partial charge on any atom is -0.495 e. The van der Waals surface area contributed by atoms with Gasteiger partial charge in [-0.05, 0) is 25.6 Å². The number of aromatic nitrogens is 1. The lowest BCUT2D eigenvalue weighted by Gasteiger charge is -2.38. The van der Waals surface area contributed by atoms with Crippen LogP contribution in [0.5, 0.6) is 5.75 Å². The van der Waals surface area contributed by atoms with Crippen LogP contribution in [0.2, 0.25) is 0 Å². The van der Waals surface area contributed by atoms with Crippen molar-refractivity contribution in [2.75, 3.05) is 40.8 Å². The molecule has 0 radical (unpaired) electrons. The lowest BCUT2D eigenvalue weighted by Crippen LogP contribution is -2.58. The molecule has 1 fully saturated rings. The van der Waals surface area contributed by atoms with Crippen LogP contribution >= 0.6 is 0 Å². The van der Waals surface area contributed by atoms with Gasteiger partial charge in [-0.3, -0.25) is 14.5 Å². The van der Waals surface area contributed by atoms with Crippen LogP contribution < -0.4 is 10.1 Å². The highest BCUT2D eigenvalue weighted by molar-refractivity contribution is 6.02. The molecule has 2 amide bonds. The number of nitrogens with one attached hydrogen (secondary N) is 2. The van der Waals surface area contributed by atoms with Crippen molar-refractivity contribution in [1.29, 1.82) is 0 Å². The molecule has 0 saturated carbocycles. The van der Waals surface area contributed by atoms with Crippen molar-refractivity contribution in [1.82, 2.24) is 20.1 Å². The van der Waals surface area contributed by atoms with Gasteiger partial charge in [-0.25, -0.2) is 0 Å². The van der Waals surface area contributed by atoms with E-state index in [0.717, 1.165) is 16.5 Å². The van der Waals surface area contributed by atoms with E-state index < -0.39 is 0 Å². The number of rotatable bonds is 3. The highest BCUT2D eigenvalue weighted by Gasteiger charge is 2.33. The molecule has 1 aromatic heterocycles. The van der Waals surface area contributed by atoms with Gasteiger partial charge in [0.05, 0.1) is 12.6 Å². The van der Waals surface area contributed by atoms with Gasteiger partial charge in [-0.1, -0.05) is 12.1 Å². The van der Waals surface area contributed by atoms with E-state index in [9.17, 15) is 9.59 Å². The number of H-pyrrole nitrogens is 1. The molecular formula is C18H24N4O3. The maximum Gasteiger partial charge on any atom is 0.270 e. The van der Waals surface area contributed by atoms with E-state index in [4.69, 9.17) is 4.74 Å². The first kappa shape index (κ1) is 17.3. The summed E-state index contributed by atoms with van der Waals surface area (Å²) in [5.41, 5.74) is 2.27. The molecule has 1 atom stereocenters. The minimum atomic E-state index is -0.332. The van der Waals surface area contributed by atoms with Crippen molar-refractivity contribution < 1.29 is 14.3 Å². The fraction of sp³-hybridized carbons (Fsp3) is 0.444. The Morgan fingerprint density at radius 3 is 2.76 bits per heavy atom. The monoisotopic (exact) mass is 344 g/mol. The number of hydrogen-bond acceptors (Lipinski definition) is 4. The van der Waals surface area contributed by atoms with Crippen molar-refractivity contribution in [3.05, 3.63) is 29.5 Å². The van der Waals surface area contributed by atoms with E-state index in [-0.39, 0.29) is 17.9 Å². The summed E-state index contributed by atoms with van der Waals surface area (Å²) in [6.07, 6.45) is 0. The van der Waals surface area contributed by atoms with E-state index in [1.165, 1.54) is 0 Å². The summed E-state index contributed by atoms with van der Waals surface area (Å²) in [7, 11) is 5.13. The number of carbonyl (C=O) groups excluding carboxylic acids is 2. The number of methoxy groups -OCH3 is 1. The number of ether oxygens (including phenoxy) is 1. The quantitative estimate of drug-likeness (QED) is 0.870. The fourth-order valence-corrected chi connectivity index (χ4v) is 3.38. The van der Waals surface area contributed by atoms with Crippen molar-refractivity contribution in [2.24, 2.45) is 0 Å². The Labute approximate surface area is 146 Å². The number of piperazine rings is 1. The number of aryl methyl sites for hydroxylation is 1. The largest absolute Gasteiger partial charge is 0.495 e. The zero-order valence-electron chi connectivity index (χ0n) is 15.0. The molecule has 25 heavy (non-hydrogen) atoms. The number of aromatic amines is 1. The average Bonchev–Trinajstić information content (AvgIpc) is 2.97. The lowest BCUT2D eigenvalue weighted by molar-refractivity contribution is -0.127. The van der Waals surface area contributed by atoms with Gasteiger partial charge in [-0.2, -0.15) is 0 Å². The maximum absolute atomic E-state index is 13.1.